The van der Waals surface area contributed by atoms with Gasteiger partial charge >= 0.3 is 0 Å². The summed E-state index contributed by atoms with van der Waals surface area (Å²) in [7, 11) is 0. The third-order valence-electron chi connectivity index (χ3n) is 5.16. The van der Waals surface area contributed by atoms with E-state index in [1.54, 1.807) is 36.5 Å². The highest BCUT2D eigenvalue weighted by Crippen LogP contribution is 2.27. The molecule has 0 unspecified atom stereocenters. The molecule has 4 rings (SSSR count). The predicted molar refractivity (Wildman–Crippen MR) is 126 cm³/mol. The molecule has 8 heteroatoms. The normalized spacial score (nSPS) is 15.2. The number of nitrogens with one attached hydrogen (secondary N) is 3. The van der Waals surface area contributed by atoms with E-state index in [2.05, 4.69) is 32.0 Å². The molecule has 1 saturated heterocycles. The van der Waals surface area contributed by atoms with Gasteiger partial charge in [-0.05, 0) is 75.3 Å². The van der Waals surface area contributed by atoms with Crippen LogP contribution in [0, 0.1) is 11.3 Å². The van der Waals surface area contributed by atoms with Gasteiger partial charge in [0.15, 0.2) is 5.82 Å². The van der Waals surface area contributed by atoms with Crippen LogP contribution in [0.1, 0.15) is 36.2 Å². The topological polar surface area (TPSA) is 112 Å². The van der Waals surface area contributed by atoms with Crippen molar-refractivity contribution in [2.24, 2.45) is 0 Å². The van der Waals surface area contributed by atoms with Crippen LogP contribution in [0.25, 0.3) is 11.4 Å². The first-order valence-corrected chi connectivity index (χ1v) is 10.9. The van der Waals surface area contributed by atoms with Crippen molar-refractivity contribution in [3.63, 3.8) is 0 Å². The summed E-state index contributed by atoms with van der Waals surface area (Å²) in [6.45, 7) is 5.56. The van der Waals surface area contributed by atoms with E-state index in [1.165, 1.54) is 0 Å². The molecule has 3 aromatic rings. The quantitative estimate of drug-likeness (QED) is 0.512. The van der Waals surface area contributed by atoms with Gasteiger partial charge in [0.05, 0.1) is 5.56 Å². The molecule has 1 atom stereocenters. The molecule has 3 N–H and O–H groups in total. The number of nitriles is 1. The van der Waals surface area contributed by atoms with Crippen LogP contribution in [0.4, 0.5) is 11.5 Å². The zero-order valence-corrected chi connectivity index (χ0v) is 18.6. The van der Waals surface area contributed by atoms with E-state index in [-0.39, 0.29) is 18.1 Å². The molecular weight excluding hydrogens is 416 g/mol. The van der Waals surface area contributed by atoms with Gasteiger partial charge in [0.25, 0.3) is 5.91 Å². The minimum atomic E-state index is -0.106. The molecule has 1 aliphatic rings. The minimum Gasteiger partial charge on any atom is -0.488 e. The number of carbonyl (C=O) groups is 1. The van der Waals surface area contributed by atoms with Crippen molar-refractivity contribution < 1.29 is 9.53 Å². The Morgan fingerprint density at radius 2 is 2.03 bits per heavy atom. The fourth-order valence-electron chi connectivity index (χ4n) is 3.53. The lowest BCUT2D eigenvalue weighted by Crippen LogP contribution is -2.29. The maximum Gasteiger partial charge on any atom is 0.251 e. The fourth-order valence-corrected chi connectivity index (χ4v) is 3.53. The number of aromatic nitrogens is 2. The molecule has 1 aromatic heterocycles. The Kier molecular flexibility index (Phi) is 6.81. The minimum absolute atomic E-state index is 0.0783. The van der Waals surface area contributed by atoms with Crippen molar-refractivity contribution in [3.8, 4) is 23.2 Å². The SMILES string of the molecule is CC(C)NC(=O)c1ccc(Nc2ccnc(-c3ccc(O[C@@H]4CCNC4)c(C#N)c3)n2)cc1. The highest BCUT2D eigenvalue weighted by atomic mass is 16.5. The van der Waals surface area contributed by atoms with Crippen LogP contribution in [0.3, 0.4) is 0 Å². The summed E-state index contributed by atoms with van der Waals surface area (Å²) in [6.07, 6.45) is 2.66. The molecule has 2 heterocycles. The van der Waals surface area contributed by atoms with Crippen LogP contribution in [0.15, 0.2) is 54.7 Å². The molecule has 0 spiro atoms. The van der Waals surface area contributed by atoms with Gasteiger partial charge < -0.3 is 20.7 Å². The maximum absolute atomic E-state index is 12.1. The van der Waals surface area contributed by atoms with Crippen molar-refractivity contribution in [2.45, 2.75) is 32.4 Å². The number of hydrogen-bond acceptors (Lipinski definition) is 7. The first-order chi connectivity index (χ1) is 16.0. The van der Waals surface area contributed by atoms with E-state index in [0.29, 0.717) is 28.5 Å². The Morgan fingerprint density at radius 1 is 1.21 bits per heavy atom. The molecule has 168 valence electrons. The first kappa shape index (κ1) is 22.2. The zero-order valence-electron chi connectivity index (χ0n) is 18.6. The molecule has 0 radical (unpaired) electrons. The van der Waals surface area contributed by atoms with Gasteiger partial charge in [-0.15, -0.1) is 0 Å². The van der Waals surface area contributed by atoms with Crippen LogP contribution in [-0.4, -0.2) is 41.1 Å². The maximum atomic E-state index is 12.1. The summed E-state index contributed by atoms with van der Waals surface area (Å²) < 4.78 is 5.97. The van der Waals surface area contributed by atoms with Crippen molar-refractivity contribution in [1.82, 2.24) is 20.6 Å². The molecular formula is C25H26N6O2. The molecule has 0 saturated carbocycles. The van der Waals surface area contributed by atoms with E-state index in [0.717, 1.165) is 30.8 Å². The summed E-state index contributed by atoms with van der Waals surface area (Å²) >= 11 is 0. The van der Waals surface area contributed by atoms with Crippen LogP contribution in [-0.2, 0) is 0 Å². The van der Waals surface area contributed by atoms with E-state index in [1.807, 2.05) is 32.0 Å². The molecule has 8 nitrogen and oxygen atoms in total. The largest absolute Gasteiger partial charge is 0.488 e. The fraction of sp³-hybridized carbons (Fsp3) is 0.280. The van der Waals surface area contributed by atoms with Gasteiger partial charge in [-0.2, -0.15) is 5.26 Å². The van der Waals surface area contributed by atoms with Gasteiger partial charge in [-0.1, -0.05) is 0 Å². The van der Waals surface area contributed by atoms with Gasteiger partial charge in [-0.25, -0.2) is 9.97 Å². The van der Waals surface area contributed by atoms with Crippen LogP contribution < -0.4 is 20.7 Å². The third kappa shape index (κ3) is 5.64. The average Bonchev–Trinajstić information content (AvgIpc) is 3.33. The third-order valence-corrected chi connectivity index (χ3v) is 5.16. The van der Waals surface area contributed by atoms with Crippen LogP contribution >= 0.6 is 0 Å². The lowest BCUT2D eigenvalue weighted by Gasteiger charge is -2.14. The number of ether oxygens (including phenoxy) is 1. The molecule has 33 heavy (non-hydrogen) atoms. The number of rotatable bonds is 7. The second-order valence-electron chi connectivity index (χ2n) is 8.15. The molecule has 1 fully saturated rings. The molecule has 0 bridgehead atoms. The standard InChI is InChI=1S/C25H26N6O2/c1-16(2)29-25(32)17-3-6-20(7-4-17)30-23-10-12-28-24(31-23)18-5-8-22(19(13-18)14-26)33-21-9-11-27-15-21/h3-8,10,12-13,16,21,27H,9,11,15H2,1-2H3,(H,29,32)(H,28,30,31)/t21-/m1/s1. The Morgan fingerprint density at radius 3 is 2.73 bits per heavy atom. The lowest BCUT2D eigenvalue weighted by molar-refractivity contribution is 0.0943. The predicted octanol–water partition coefficient (Wildman–Crippen LogP) is 3.64. The van der Waals surface area contributed by atoms with Crippen molar-refractivity contribution in [2.75, 3.05) is 18.4 Å². The summed E-state index contributed by atoms with van der Waals surface area (Å²) in [5.41, 5.74) is 2.58. The monoisotopic (exact) mass is 442 g/mol. The Hall–Kier alpha value is -3.96. The van der Waals surface area contributed by atoms with E-state index < -0.39 is 0 Å². The highest BCUT2D eigenvalue weighted by Gasteiger charge is 2.18. The number of anilines is 2. The number of carbonyl (C=O) groups excluding carboxylic acids is 1. The van der Waals surface area contributed by atoms with Crippen LogP contribution in [0.5, 0.6) is 5.75 Å². The van der Waals surface area contributed by atoms with Crippen molar-refractivity contribution >= 4 is 17.4 Å². The Balaban J connectivity index is 1.48. The van der Waals surface area contributed by atoms with Gasteiger partial charge in [0.1, 0.15) is 23.7 Å². The Labute approximate surface area is 193 Å². The summed E-state index contributed by atoms with van der Waals surface area (Å²) in [4.78, 5) is 21.1. The molecule has 2 aromatic carbocycles. The average molecular weight is 443 g/mol. The summed E-state index contributed by atoms with van der Waals surface area (Å²) in [6, 6.07) is 16.6. The zero-order chi connectivity index (χ0) is 23.2. The smallest absolute Gasteiger partial charge is 0.251 e. The van der Waals surface area contributed by atoms with Crippen molar-refractivity contribution in [3.05, 3.63) is 65.9 Å². The number of nitrogens with zero attached hydrogens (tertiary/aromatic N) is 3. The number of benzene rings is 2. The molecule has 1 amide bonds. The summed E-state index contributed by atoms with van der Waals surface area (Å²) in [5.74, 6) is 1.57. The second-order valence-corrected chi connectivity index (χ2v) is 8.15. The van der Waals surface area contributed by atoms with Crippen molar-refractivity contribution in [1.29, 1.82) is 5.26 Å². The Bertz CT molecular complexity index is 1160. The number of amides is 1. The number of hydrogen-bond donors (Lipinski definition) is 3. The molecule has 0 aliphatic carbocycles. The van der Waals surface area contributed by atoms with Gasteiger partial charge in [0.2, 0.25) is 0 Å². The first-order valence-electron chi connectivity index (χ1n) is 10.9. The van der Waals surface area contributed by atoms with E-state index in [9.17, 15) is 10.1 Å². The lowest BCUT2D eigenvalue weighted by atomic mass is 10.1. The van der Waals surface area contributed by atoms with Crippen LogP contribution in [0.2, 0.25) is 0 Å². The highest BCUT2D eigenvalue weighted by molar-refractivity contribution is 5.94. The van der Waals surface area contributed by atoms with Gasteiger partial charge in [-0.3, -0.25) is 4.79 Å². The summed E-state index contributed by atoms with van der Waals surface area (Å²) in [5, 5.41) is 19.0. The van der Waals surface area contributed by atoms with E-state index in [4.69, 9.17) is 4.74 Å². The van der Waals surface area contributed by atoms with E-state index >= 15 is 0 Å². The molecule has 1 aliphatic heterocycles. The van der Waals surface area contributed by atoms with Gasteiger partial charge in [0, 0.05) is 35.6 Å². The second kappa shape index (κ2) is 10.1.